The molecule has 5 heterocycles. The summed E-state index contributed by atoms with van der Waals surface area (Å²) in [6.07, 6.45) is 5.48. The van der Waals surface area contributed by atoms with Crippen molar-refractivity contribution in [1.82, 2.24) is 24.9 Å². The second-order valence-corrected chi connectivity index (χ2v) is 9.30. The van der Waals surface area contributed by atoms with E-state index >= 15 is 0 Å². The van der Waals surface area contributed by atoms with Crippen LogP contribution in [0.25, 0.3) is 27.1 Å². The highest BCUT2D eigenvalue weighted by atomic mass is 32.1. The summed E-state index contributed by atoms with van der Waals surface area (Å²) in [5, 5.41) is 7.66. The summed E-state index contributed by atoms with van der Waals surface area (Å²) in [5.41, 5.74) is 6.51. The van der Waals surface area contributed by atoms with E-state index < -0.39 is 0 Å². The van der Waals surface area contributed by atoms with E-state index in [9.17, 15) is 4.79 Å². The Hall–Kier alpha value is -2.51. The normalized spacial score (nSPS) is 15.7. The number of hydrogen-bond acceptors (Lipinski definition) is 5. The third-order valence-electron chi connectivity index (χ3n) is 5.88. The van der Waals surface area contributed by atoms with Crippen LogP contribution in [0.4, 0.5) is 0 Å². The van der Waals surface area contributed by atoms with Crippen molar-refractivity contribution in [3.63, 3.8) is 0 Å². The number of rotatable bonds is 4. The first-order chi connectivity index (χ1) is 14.0. The van der Waals surface area contributed by atoms with Gasteiger partial charge in [-0.25, -0.2) is 9.50 Å². The zero-order valence-electron chi connectivity index (χ0n) is 17.0. The molecular formula is C22H25N5OS. The number of fused-ring (bicyclic) bond motifs is 2. The fourth-order valence-electron chi connectivity index (χ4n) is 4.42. The molecule has 150 valence electrons. The second kappa shape index (κ2) is 7.07. The first-order valence-corrected chi connectivity index (χ1v) is 11.0. The highest BCUT2D eigenvalue weighted by Crippen LogP contribution is 2.41. The maximum absolute atomic E-state index is 13.0. The Balaban J connectivity index is 1.60. The molecule has 0 amide bonds. The molecule has 1 aliphatic heterocycles. The van der Waals surface area contributed by atoms with E-state index in [4.69, 9.17) is 0 Å². The van der Waals surface area contributed by atoms with Crippen molar-refractivity contribution in [2.24, 2.45) is 5.92 Å². The summed E-state index contributed by atoms with van der Waals surface area (Å²) in [6, 6.07) is 4.22. The smallest absolute Gasteiger partial charge is 0.176 e. The SMILES string of the molecule is Cc1cc(-c2[nH]c3cc(C(=O)C4CCNCC4)sc3c2C(C)C)cn2ncnc12. The predicted molar refractivity (Wildman–Crippen MR) is 117 cm³/mol. The van der Waals surface area contributed by atoms with Gasteiger partial charge in [-0.3, -0.25) is 4.79 Å². The van der Waals surface area contributed by atoms with Crippen molar-refractivity contribution in [2.75, 3.05) is 13.1 Å². The summed E-state index contributed by atoms with van der Waals surface area (Å²) in [7, 11) is 0. The van der Waals surface area contributed by atoms with Crippen LogP contribution in [0.5, 0.6) is 0 Å². The number of aryl methyl sites for hydroxylation is 1. The maximum atomic E-state index is 13.0. The standard InChI is InChI=1S/C22H25N5OS/c1-12(2)18-19(15-8-13(3)22-24-11-25-27(22)10-15)26-16-9-17(29-21(16)18)20(28)14-4-6-23-7-5-14/h8-12,14,23,26H,4-7H2,1-3H3. The van der Waals surface area contributed by atoms with Gasteiger partial charge >= 0.3 is 0 Å². The number of aromatic amines is 1. The number of nitrogens with one attached hydrogen (secondary N) is 2. The maximum Gasteiger partial charge on any atom is 0.176 e. The topological polar surface area (TPSA) is 75.1 Å². The minimum absolute atomic E-state index is 0.151. The molecule has 0 saturated carbocycles. The van der Waals surface area contributed by atoms with Crippen molar-refractivity contribution in [2.45, 2.75) is 39.5 Å². The molecule has 1 aliphatic rings. The van der Waals surface area contributed by atoms with Gasteiger partial charge < -0.3 is 10.3 Å². The van der Waals surface area contributed by atoms with Gasteiger partial charge in [0.15, 0.2) is 11.4 Å². The third kappa shape index (κ3) is 3.09. The van der Waals surface area contributed by atoms with E-state index in [1.807, 2.05) is 10.7 Å². The molecule has 6 nitrogen and oxygen atoms in total. The molecule has 29 heavy (non-hydrogen) atoms. The fraction of sp³-hybridized carbons (Fsp3) is 0.409. The van der Waals surface area contributed by atoms with Gasteiger partial charge in [0.1, 0.15) is 6.33 Å². The van der Waals surface area contributed by atoms with Gasteiger partial charge in [0, 0.05) is 17.7 Å². The van der Waals surface area contributed by atoms with Gasteiger partial charge in [-0.05, 0) is 62.0 Å². The molecule has 0 radical (unpaired) electrons. The van der Waals surface area contributed by atoms with E-state index in [0.717, 1.165) is 58.8 Å². The second-order valence-electron chi connectivity index (χ2n) is 8.25. The van der Waals surface area contributed by atoms with E-state index in [2.05, 4.69) is 53.3 Å². The average molecular weight is 408 g/mol. The quantitative estimate of drug-likeness (QED) is 0.487. The van der Waals surface area contributed by atoms with Gasteiger partial charge in [-0.2, -0.15) is 5.10 Å². The highest BCUT2D eigenvalue weighted by molar-refractivity contribution is 7.21. The largest absolute Gasteiger partial charge is 0.354 e. The van der Waals surface area contributed by atoms with Crippen LogP contribution < -0.4 is 5.32 Å². The van der Waals surface area contributed by atoms with Gasteiger partial charge in [0.05, 0.1) is 20.8 Å². The fourth-order valence-corrected chi connectivity index (χ4v) is 5.75. The molecule has 7 heteroatoms. The highest BCUT2D eigenvalue weighted by Gasteiger charge is 2.26. The molecule has 0 bridgehead atoms. The van der Waals surface area contributed by atoms with Gasteiger partial charge in [-0.15, -0.1) is 11.3 Å². The molecule has 1 saturated heterocycles. The van der Waals surface area contributed by atoms with Crippen LogP contribution in [0.1, 0.15) is 53.4 Å². The summed E-state index contributed by atoms with van der Waals surface area (Å²) < 4.78 is 3.03. The number of hydrogen-bond donors (Lipinski definition) is 2. The number of H-pyrrole nitrogens is 1. The van der Waals surface area contributed by atoms with Crippen LogP contribution in [-0.2, 0) is 0 Å². The van der Waals surface area contributed by atoms with Crippen LogP contribution in [0.2, 0.25) is 0 Å². The Morgan fingerprint density at radius 3 is 2.83 bits per heavy atom. The summed E-state index contributed by atoms with van der Waals surface area (Å²) >= 11 is 1.64. The number of thiophene rings is 1. The average Bonchev–Trinajstić information content (AvgIpc) is 3.41. The summed E-state index contributed by atoms with van der Waals surface area (Å²) in [4.78, 5) is 21.8. The van der Waals surface area contributed by atoms with Crippen molar-refractivity contribution >= 4 is 33.0 Å². The monoisotopic (exact) mass is 407 g/mol. The third-order valence-corrected chi connectivity index (χ3v) is 7.07. The number of nitrogens with zero attached hydrogens (tertiary/aromatic N) is 3. The number of carbonyl (C=O) groups is 1. The lowest BCUT2D eigenvalue weighted by Gasteiger charge is -2.20. The number of carbonyl (C=O) groups excluding carboxylic acids is 1. The molecule has 0 unspecified atom stereocenters. The Kier molecular flexibility index (Phi) is 4.52. The molecular weight excluding hydrogens is 382 g/mol. The molecule has 0 spiro atoms. The van der Waals surface area contributed by atoms with E-state index in [1.54, 1.807) is 17.7 Å². The van der Waals surface area contributed by atoms with Gasteiger partial charge in [0.2, 0.25) is 0 Å². The number of piperidine rings is 1. The minimum atomic E-state index is 0.151. The van der Waals surface area contributed by atoms with Crippen molar-refractivity contribution in [3.05, 3.63) is 40.7 Å². The lowest BCUT2D eigenvalue weighted by atomic mass is 9.93. The van der Waals surface area contributed by atoms with E-state index in [1.165, 1.54) is 10.3 Å². The molecule has 2 N–H and O–H groups in total. The zero-order chi connectivity index (χ0) is 20.1. The molecule has 4 aromatic rings. The van der Waals surface area contributed by atoms with E-state index in [-0.39, 0.29) is 5.92 Å². The van der Waals surface area contributed by atoms with E-state index in [0.29, 0.717) is 11.7 Å². The number of aromatic nitrogens is 4. The summed E-state index contributed by atoms with van der Waals surface area (Å²) in [6.45, 7) is 8.35. The van der Waals surface area contributed by atoms with Crippen LogP contribution >= 0.6 is 11.3 Å². The number of ketones is 1. The summed E-state index contributed by atoms with van der Waals surface area (Å²) in [5.74, 6) is 0.793. The lowest BCUT2D eigenvalue weighted by molar-refractivity contribution is 0.0899. The van der Waals surface area contributed by atoms with Crippen LogP contribution in [0, 0.1) is 12.8 Å². The number of pyridine rings is 1. The van der Waals surface area contributed by atoms with Gasteiger partial charge in [0.25, 0.3) is 0 Å². The van der Waals surface area contributed by atoms with Crippen LogP contribution in [0.3, 0.4) is 0 Å². The van der Waals surface area contributed by atoms with Crippen LogP contribution in [0.15, 0.2) is 24.7 Å². The van der Waals surface area contributed by atoms with Crippen molar-refractivity contribution in [1.29, 1.82) is 0 Å². The Morgan fingerprint density at radius 2 is 2.07 bits per heavy atom. The minimum Gasteiger partial charge on any atom is -0.354 e. The molecule has 1 fully saturated rings. The van der Waals surface area contributed by atoms with Crippen molar-refractivity contribution in [3.8, 4) is 11.3 Å². The first-order valence-electron chi connectivity index (χ1n) is 10.2. The van der Waals surface area contributed by atoms with Crippen molar-refractivity contribution < 1.29 is 4.79 Å². The lowest BCUT2D eigenvalue weighted by Crippen LogP contribution is -2.31. The van der Waals surface area contributed by atoms with Crippen LogP contribution in [-0.4, -0.2) is 38.5 Å². The molecule has 0 aromatic carbocycles. The Bertz CT molecular complexity index is 1210. The molecule has 5 rings (SSSR count). The first kappa shape index (κ1) is 18.5. The zero-order valence-corrected chi connectivity index (χ0v) is 17.8. The molecule has 0 atom stereocenters. The Labute approximate surface area is 173 Å². The molecule has 4 aromatic heterocycles. The predicted octanol–water partition coefficient (Wildman–Crippen LogP) is 4.55. The number of Topliss-reactive ketones (excluding diaryl/α,β-unsaturated/α-hetero) is 1. The molecule has 0 aliphatic carbocycles. The van der Waals surface area contributed by atoms with Gasteiger partial charge in [-0.1, -0.05) is 13.8 Å². The Morgan fingerprint density at radius 1 is 1.28 bits per heavy atom.